The van der Waals surface area contributed by atoms with Crippen molar-refractivity contribution in [3.8, 4) is 0 Å². The number of ether oxygens (including phenoxy) is 2. The predicted molar refractivity (Wildman–Crippen MR) is 58.8 cm³/mol. The van der Waals surface area contributed by atoms with Crippen LogP contribution in [0.4, 0.5) is 0 Å². The van der Waals surface area contributed by atoms with E-state index in [0.717, 1.165) is 25.7 Å². The Bertz CT molecular complexity index is 249. The van der Waals surface area contributed by atoms with Gasteiger partial charge in [0, 0.05) is 13.3 Å². The molecule has 0 radical (unpaired) electrons. The lowest BCUT2D eigenvalue weighted by molar-refractivity contribution is -0.160. The Hall–Kier alpha value is -1.06. The molecule has 0 N–H and O–H groups in total. The molecule has 2 atom stereocenters. The lowest BCUT2D eigenvalue weighted by atomic mass is 10.0. The molecule has 16 heavy (non-hydrogen) atoms. The summed E-state index contributed by atoms with van der Waals surface area (Å²) in [6.45, 7) is 3.51. The fourth-order valence-electron chi connectivity index (χ4n) is 1.94. The Labute approximate surface area is 96.3 Å². The summed E-state index contributed by atoms with van der Waals surface area (Å²) in [7, 11) is 0. The molecule has 4 nitrogen and oxygen atoms in total. The number of hydrogen-bond donors (Lipinski definition) is 0. The molecule has 0 aromatic carbocycles. The third-order valence-electron chi connectivity index (χ3n) is 2.74. The van der Waals surface area contributed by atoms with Gasteiger partial charge in [0.25, 0.3) is 0 Å². The van der Waals surface area contributed by atoms with Crippen LogP contribution in [0.3, 0.4) is 0 Å². The molecule has 92 valence electrons. The van der Waals surface area contributed by atoms with Crippen LogP contribution >= 0.6 is 0 Å². The van der Waals surface area contributed by atoms with Crippen molar-refractivity contribution in [2.45, 2.75) is 64.6 Å². The smallest absolute Gasteiger partial charge is 0.306 e. The predicted octanol–water partition coefficient (Wildman–Crippen LogP) is 2.20. The third-order valence-corrected chi connectivity index (χ3v) is 2.74. The molecule has 0 aliphatic carbocycles. The zero-order chi connectivity index (χ0) is 12.0. The molecule has 0 spiro atoms. The number of cyclic esters (lactones) is 1. The first-order chi connectivity index (χ1) is 7.63. The third kappa shape index (κ3) is 4.21. The van der Waals surface area contributed by atoms with Crippen molar-refractivity contribution in [1.82, 2.24) is 0 Å². The molecule has 1 aliphatic heterocycles. The van der Waals surface area contributed by atoms with Gasteiger partial charge >= 0.3 is 11.9 Å². The Morgan fingerprint density at radius 3 is 2.81 bits per heavy atom. The van der Waals surface area contributed by atoms with Crippen LogP contribution in [0.25, 0.3) is 0 Å². The SMILES string of the molecule is CCCCC[C@@H](OC(C)=O)[C@H]1CCC(=O)O1. The molecule has 1 rings (SSSR count). The second kappa shape index (κ2) is 6.51. The molecule has 4 heteroatoms. The van der Waals surface area contributed by atoms with Gasteiger partial charge in [-0.15, -0.1) is 0 Å². The summed E-state index contributed by atoms with van der Waals surface area (Å²) in [5.74, 6) is -0.484. The highest BCUT2D eigenvalue weighted by molar-refractivity contribution is 5.71. The van der Waals surface area contributed by atoms with Crippen LogP contribution in [0, 0.1) is 0 Å². The van der Waals surface area contributed by atoms with Gasteiger partial charge in [-0.25, -0.2) is 0 Å². The summed E-state index contributed by atoms with van der Waals surface area (Å²) in [5, 5.41) is 0. The minimum Gasteiger partial charge on any atom is -0.459 e. The Morgan fingerprint density at radius 1 is 1.56 bits per heavy atom. The Kier molecular flexibility index (Phi) is 5.29. The average Bonchev–Trinajstić information content (AvgIpc) is 2.63. The largest absolute Gasteiger partial charge is 0.459 e. The summed E-state index contributed by atoms with van der Waals surface area (Å²) >= 11 is 0. The maximum absolute atomic E-state index is 11.0. The number of hydrogen-bond acceptors (Lipinski definition) is 4. The van der Waals surface area contributed by atoms with Crippen molar-refractivity contribution in [3.63, 3.8) is 0 Å². The van der Waals surface area contributed by atoms with E-state index in [1.54, 1.807) is 0 Å². The number of unbranched alkanes of at least 4 members (excludes halogenated alkanes) is 2. The van der Waals surface area contributed by atoms with E-state index >= 15 is 0 Å². The van der Waals surface area contributed by atoms with Gasteiger partial charge in [0.1, 0.15) is 12.2 Å². The second-order valence-electron chi connectivity index (χ2n) is 4.21. The van der Waals surface area contributed by atoms with E-state index in [2.05, 4.69) is 6.92 Å². The topological polar surface area (TPSA) is 52.6 Å². The van der Waals surface area contributed by atoms with E-state index in [-0.39, 0.29) is 24.1 Å². The lowest BCUT2D eigenvalue weighted by Crippen LogP contribution is -2.30. The van der Waals surface area contributed by atoms with Crippen molar-refractivity contribution in [2.24, 2.45) is 0 Å². The van der Waals surface area contributed by atoms with E-state index in [9.17, 15) is 9.59 Å². The van der Waals surface area contributed by atoms with Gasteiger partial charge in [-0.2, -0.15) is 0 Å². The maximum atomic E-state index is 11.0. The lowest BCUT2D eigenvalue weighted by Gasteiger charge is -2.22. The van der Waals surface area contributed by atoms with Crippen molar-refractivity contribution in [3.05, 3.63) is 0 Å². The van der Waals surface area contributed by atoms with Gasteiger partial charge in [0.15, 0.2) is 0 Å². The molecule has 0 aromatic rings. The van der Waals surface area contributed by atoms with E-state index < -0.39 is 0 Å². The molecule has 1 heterocycles. The fourth-order valence-corrected chi connectivity index (χ4v) is 1.94. The highest BCUT2D eigenvalue weighted by Crippen LogP contribution is 2.23. The Balaban J connectivity index is 2.42. The van der Waals surface area contributed by atoms with E-state index in [1.165, 1.54) is 6.92 Å². The molecule has 0 aromatic heterocycles. The number of carbonyl (C=O) groups excluding carboxylic acids is 2. The number of esters is 2. The fraction of sp³-hybridized carbons (Fsp3) is 0.833. The first-order valence-corrected chi connectivity index (χ1v) is 6.00. The molecule has 1 saturated heterocycles. The highest BCUT2D eigenvalue weighted by atomic mass is 16.6. The summed E-state index contributed by atoms with van der Waals surface area (Å²) in [6.07, 6.45) is 4.65. The van der Waals surface area contributed by atoms with Crippen LogP contribution in [-0.2, 0) is 19.1 Å². The molecular weight excluding hydrogens is 208 g/mol. The van der Waals surface area contributed by atoms with Crippen molar-refractivity contribution in [1.29, 1.82) is 0 Å². The summed E-state index contributed by atoms with van der Waals surface area (Å²) in [4.78, 5) is 22.0. The van der Waals surface area contributed by atoms with E-state index in [1.807, 2.05) is 0 Å². The monoisotopic (exact) mass is 228 g/mol. The van der Waals surface area contributed by atoms with Gasteiger partial charge in [0.05, 0.1) is 0 Å². The molecule has 0 unspecified atom stereocenters. The van der Waals surface area contributed by atoms with Crippen LogP contribution in [0.2, 0.25) is 0 Å². The maximum Gasteiger partial charge on any atom is 0.306 e. The number of rotatable bonds is 6. The molecule has 0 saturated carbocycles. The minimum atomic E-state index is -0.301. The van der Waals surface area contributed by atoms with Gasteiger partial charge < -0.3 is 9.47 Å². The van der Waals surface area contributed by atoms with Gasteiger partial charge in [-0.1, -0.05) is 19.8 Å². The second-order valence-corrected chi connectivity index (χ2v) is 4.21. The van der Waals surface area contributed by atoms with E-state index in [0.29, 0.717) is 12.8 Å². The first-order valence-electron chi connectivity index (χ1n) is 6.00. The minimum absolute atomic E-state index is 0.183. The van der Waals surface area contributed by atoms with Crippen LogP contribution < -0.4 is 0 Å². The average molecular weight is 228 g/mol. The van der Waals surface area contributed by atoms with Crippen LogP contribution in [0.15, 0.2) is 0 Å². The first kappa shape index (κ1) is 13.0. The van der Waals surface area contributed by atoms with Gasteiger partial charge in [-0.05, 0) is 19.3 Å². The van der Waals surface area contributed by atoms with Crippen molar-refractivity contribution in [2.75, 3.05) is 0 Å². The highest BCUT2D eigenvalue weighted by Gasteiger charge is 2.32. The zero-order valence-corrected chi connectivity index (χ0v) is 10.0. The normalized spacial score (nSPS) is 21.6. The molecular formula is C12H20O4. The standard InChI is InChI=1S/C12H20O4/c1-3-4-5-6-10(15-9(2)13)11-7-8-12(14)16-11/h10-11H,3-8H2,1-2H3/t10-,11-/m1/s1. The zero-order valence-electron chi connectivity index (χ0n) is 10.0. The molecule has 1 aliphatic rings. The van der Waals surface area contributed by atoms with Crippen molar-refractivity contribution >= 4 is 11.9 Å². The molecule has 0 amide bonds. The van der Waals surface area contributed by atoms with Gasteiger partial charge in [-0.3, -0.25) is 9.59 Å². The quantitative estimate of drug-likeness (QED) is 0.516. The summed E-state index contributed by atoms with van der Waals surface area (Å²) < 4.78 is 10.4. The molecule has 1 fully saturated rings. The number of carbonyl (C=O) groups is 2. The summed E-state index contributed by atoms with van der Waals surface area (Å²) in [6, 6.07) is 0. The van der Waals surface area contributed by atoms with Crippen molar-refractivity contribution < 1.29 is 19.1 Å². The van der Waals surface area contributed by atoms with Crippen LogP contribution in [0.1, 0.15) is 52.4 Å². The summed E-state index contributed by atoms with van der Waals surface area (Å²) in [5.41, 5.74) is 0. The van der Waals surface area contributed by atoms with Gasteiger partial charge in [0.2, 0.25) is 0 Å². The van der Waals surface area contributed by atoms with E-state index in [4.69, 9.17) is 9.47 Å². The Morgan fingerprint density at radius 2 is 2.31 bits per heavy atom. The van der Waals surface area contributed by atoms with Crippen LogP contribution in [-0.4, -0.2) is 24.1 Å². The van der Waals surface area contributed by atoms with Crippen LogP contribution in [0.5, 0.6) is 0 Å². The molecule has 0 bridgehead atoms.